The molecule has 2 N–H and O–H groups in total. The van der Waals surface area contributed by atoms with E-state index in [4.69, 9.17) is 16.3 Å². The summed E-state index contributed by atoms with van der Waals surface area (Å²) in [6.45, 7) is 3.13. The van der Waals surface area contributed by atoms with Gasteiger partial charge >= 0.3 is 6.03 Å². The third-order valence-corrected chi connectivity index (χ3v) is 5.39. The number of ether oxygens (including phenoxy) is 1. The molecule has 9 heteroatoms. The highest BCUT2D eigenvalue weighted by Gasteiger charge is 2.51. The van der Waals surface area contributed by atoms with Crippen LogP contribution in [0.3, 0.4) is 0 Å². The van der Waals surface area contributed by atoms with E-state index in [9.17, 15) is 18.8 Å². The second kappa shape index (κ2) is 8.31. The van der Waals surface area contributed by atoms with Crippen LogP contribution in [0.2, 0.25) is 5.02 Å². The number of nitrogens with one attached hydrogen (secondary N) is 2. The van der Waals surface area contributed by atoms with Crippen LogP contribution < -0.4 is 15.4 Å². The van der Waals surface area contributed by atoms with E-state index in [0.29, 0.717) is 17.7 Å². The Kier molecular flexibility index (Phi) is 5.98. The molecule has 0 aromatic heterocycles. The number of aryl methyl sites for hydroxylation is 1. The van der Waals surface area contributed by atoms with Crippen LogP contribution in [0.15, 0.2) is 36.4 Å². The van der Waals surface area contributed by atoms with Crippen LogP contribution in [0.5, 0.6) is 5.75 Å². The molecule has 158 valence electrons. The van der Waals surface area contributed by atoms with Gasteiger partial charge in [-0.25, -0.2) is 9.18 Å². The van der Waals surface area contributed by atoms with Gasteiger partial charge in [0, 0.05) is 5.69 Å². The Labute approximate surface area is 178 Å². The molecular weight excluding hydrogens is 413 g/mol. The van der Waals surface area contributed by atoms with Crippen molar-refractivity contribution in [1.29, 1.82) is 0 Å². The molecule has 4 amide bonds. The molecule has 1 atom stereocenters. The van der Waals surface area contributed by atoms with Gasteiger partial charge < -0.3 is 15.4 Å². The van der Waals surface area contributed by atoms with Crippen LogP contribution in [0.4, 0.5) is 14.9 Å². The van der Waals surface area contributed by atoms with Gasteiger partial charge in [0.05, 0.1) is 12.1 Å². The van der Waals surface area contributed by atoms with Gasteiger partial charge in [-0.3, -0.25) is 14.5 Å². The molecule has 0 radical (unpaired) electrons. The van der Waals surface area contributed by atoms with E-state index in [1.54, 1.807) is 32.2 Å². The van der Waals surface area contributed by atoms with Crippen molar-refractivity contribution in [2.75, 3.05) is 19.0 Å². The third kappa shape index (κ3) is 3.82. The molecule has 1 saturated heterocycles. The van der Waals surface area contributed by atoms with Crippen LogP contribution in [0.25, 0.3) is 0 Å². The summed E-state index contributed by atoms with van der Waals surface area (Å²) in [7, 11) is 1.55. The second-order valence-electron chi connectivity index (χ2n) is 6.94. The lowest BCUT2D eigenvalue weighted by molar-refractivity contribution is -0.134. The number of benzene rings is 2. The van der Waals surface area contributed by atoms with Crippen LogP contribution >= 0.6 is 11.6 Å². The maximum atomic E-state index is 13.3. The van der Waals surface area contributed by atoms with E-state index in [-0.39, 0.29) is 10.7 Å². The summed E-state index contributed by atoms with van der Waals surface area (Å²) in [5.74, 6) is -1.09. The fourth-order valence-electron chi connectivity index (χ4n) is 3.47. The van der Waals surface area contributed by atoms with Gasteiger partial charge in [0.2, 0.25) is 5.91 Å². The van der Waals surface area contributed by atoms with Crippen LogP contribution in [0.1, 0.15) is 24.5 Å². The summed E-state index contributed by atoms with van der Waals surface area (Å²) >= 11 is 5.71. The van der Waals surface area contributed by atoms with Gasteiger partial charge in [-0.2, -0.15) is 0 Å². The quantitative estimate of drug-likeness (QED) is 0.681. The number of urea groups is 1. The van der Waals surface area contributed by atoms with E-state index >= 15 is 0 Å². The molecule has 2 aromatic carbocycles. The largest absolute Gasteiger partial charge is 0.496 e. The SMILES string of the molecule is CCC1(c2ccc(OC)c(C)c2)NC(=O)N(CC(=O)Nc2ccc(F)c(Cl)c2)C1=O. The number of anilines is 1. The highest BCUT2D eigenvalue weighted by atomic mass is 35.5. The van der Waals surface area contributed by atoms with Crippen molar-refractivity contribution in [3.63, 3.8) is 0 Å². The van der Waals surface area contributed by atoms with Gasteiger partial charge in [0.15, 0.2) is 0 Å². The molecule has 0 aliphatic carbocycles. The number of carbonyl (C=O) groups is 3. The number of amides is 4. The number of methoxy groups -OCH3 is 1. The first-order chi connectivity index (χ1) is 14.2. The molecule has 1 aliphatic rings. The van der Waals surface area contributed by atoms with E-state index in [0.717, 1.165) is 16.5 Å². The van der Waals surface area contributed by atoms with E-state index in [2.05, 4.69) is 10.6 Å². The highest BCUT2D eigenvalue weighted by Crippen LogP contribution is 2.34. The first kappa shape index (κ1) is 21.6. The van der Waals surface area contributed by atoms with Crippen molar-refractivity contribution >= 4 is 35.1 Å². The standard InChI is InChI=1S/C21H21ClFN3O4/c1-4-21(13-5-8-17(30-3)12(2)9-13)19(28)26(20(29)25-21)11-18(27)24-14-6-7-16(23)15(22)10-14/h5-10H,4,11H2,1-3H3,(H,24,27)(H,25,29). The van der Waals surface area contributed by atoms with Gasteiger partial charge in [-0.05, 0) is 54.8 Å². The molecule has 1 aliphatic heterocycles. The first-order valence-corrected chi connectivity index (χ1v) is 9.63. The topological polar surface area (TPSA) is 87.7 Å². The van der Waals surface area contributed by atoms with Gasteiger partial charge in [-0.1, -0.05) is 24.6 Å². The normalized spacial score (nSPS) is 18.4. The van der Waals surface area contributed by atoms with Gasteiger partial charge in [-0.15, -0.1) is 0 Å². The number of carbonyl (C=O) groups excluding carboxylic acids is 3. The number of rotatable bonds is 6. The van der Waals surface area contributed by atoms with Crippen molar-refractivity contribution in [2.45, 2.75) is 25.8 Å². The minimum absolute atomic E-state index is 0.150. The highest BCUT2D eigenvalue weighted by molar-refractivity contribution is 6.31. The zero-order valence-electron chi connectivity index (χ0n) is 16.7. The number of imide groups is 1. The fourth-order valence-corrected chi connectivity index (χ4v) is 3.65. The van der Waals surface area contributed by atoms with Crippen molar-refractivity contribution in [3.05, 3.63) is 58.4 Å². The Morgan fingerprint density at radius 2 is 2.00 bits per heavy atom. The Morgan fingerprint density at radius 1 is 1.27 bits per heavy atom. The van der Waals surface area contributed by atoms with Crippen molar-refractivity contribution in [3.8, 4) is 5.75 Å². The number of nitrogens with zero attached hydrogens (tertiary/aromatic N) is 1. The molecule has 0 spiro atoms. The van der Waals surface area contributed by atoms with Gasteiger partial charge in [0.1, 0.15) is 23.7 Å². The zero-order valence-corrected chi connectivity index (χ0v) is 17.5. The van der Waals surface area contributed by atoms with Crippen molar-refractivity contribution < 1.29 is 23.5 Å². The predicted octanol–water partition coefficient (Wildman–Crippen LogP) is 3.59. The maximum Gasteiger partial charge on any atom is 0.325 e. The predicted molar refractivity (Wildman–Crippen MR) is 110 cm³/mol. The first-order valence-electron chi connectivity index (χ1n) is 9.26. The Balaban J connectivity index is 1.81. The summed E-state index contributed by atoms with van der Waals surface area (Å²) in [5.41, 5.74) is 0.406. The van der Waals surface area contributed by atoms with Crippen molar-refractivity contribution in [1.82, 2.24) is 10.2 Å². The average molecular weight is 434 g/mol. The Morgan fingerprint density at radius 3 is 2.60 bits per heavy atom. The molecule has 0 saturated carbocycles. The zero-order chi connectivity index (χ0) is 22.1. The summed E-state index contributed by atoms with van der Waals surface area (Å²) in [4.78, 5) is 39.0. The molecule has 1 heterocycles. The Bertz CT molecular complexity index is 1030. The van der Waals surface area contributed by atoms with Gasteiger partial charge in [0.25, 0.3) is 5.91 Å². The van der Waals surface area contributed by atoms with Crippen LogP contribution in [-0.4, -0.2) is 36.4 Å². The molecule has 7 nitrogen and oxygen atoms in total. The molecule has 2 aromatic rings. The second-order valence-corrected chi connectivity index (χ2v) is 7.35. The van der Waals surface area contributed by atoms with Crippen LogP contribution in [-0.2, 0) is 15.1 Å². The lowest BCUT2D eigenvalue weighted by atomic mass is 9.86. The number of hydrogen-bond acceptors (Lipinski definition) is 4. The molecule has 30 heavy (non-hydrogen) atoms. The molecule has 1 fully saturated rings. The fraction of sp³-hybridized carbons (Fsp3) is 0.286. The number of halogens is 2. The van der Waals surface area contributed by atoms with E-state index in [1.807, 2.05) is 6.92 Å². The summed E-state index contributed by atoms with van der Waals surface area (Å²) in [6.07, 6.45) is 0.301. The average Bonchev–Trinajstić information content (AvgIpc) is 2.95. The molecule has 1 unspecified atom stereocenters. The third-order valence-electron chi connectivity index (χ3n) is 5.10. The van der Waals surface area contributed by atoms with Crippen LogP contribution in [0, 0.1) is 12.7 Å². The minimum Gasteiger partial charge on any atom is -0.496 e. The lowest BCUT2D eigenvalue weighted by Gasteiger charge is -2.26. The minimum atomic E-state index is -1.27. The summed E-state index contributed by atoms with van der Waals surface area (Å²) in [6, 6.07) is 8.26. The number of hydrogen-bond donors (Lipinski definition) is 2. The summed E-state index contributed by atoms with van der Waals surface area (Å²) < 4.78 is 18.5. The molecular formula is C21H21ClFN3O4. The Hall–Kier alpha value is -3.13. The summed E-state index contributed by atoms with van der Waals surface area (Å²) in [5, 5.41) is 5.09. The smallest absolute Gasteiger partial charge is 0.325 e. The van der Waals surface area contributed by atoms with E-state index < -0.39 is 35.7 Å². The molecule has 3 rings (SSSR count). The monoisotopic (exact) mass is 433 g/mol. The molecule has 0 bridgehead atoms. The maximum absolute atomic E-state index is 13.3. The van der Waals surface area contributed by atoms with Crippen molar-refractivity contribution in [2.24, 2.45) is 0 Å². The van der Waals surface area contributed by atoms with E-state index in [1.165, 1.54) is 12.1 Å². The lowest BCUT2D eigenvalue weighted by Crippen LogP contribution is -2.44.